The van der Waals surface area contributed by atoms with Gasteiger partial charge in [0.05, 0.1) is 30.8 Å². The summed E-state index contributed by atoms with van der Waals surface area (Å²) in [5, 5.41) is 12.1. The maximum atomic E-state index is 13.0. The summed E-state index contributed by atoms with van der Waals surface area (Å²) >= 11 is 6.13. The smallest absolute Gasteiger partial charge is 0.231 e. The summed E-state index contributed by atoms with van der Waals surface area (Å²) in [6, 6.07) is 8.92. The molecule has 1 saturated heterocycles. The molecule has 0 unspecified atom stereocenters. The van der Waals surface area contributed by atoms with Gasteiger partial charge in [0.15, 0.2) is 5.65 Å². The maximum absolute atomic E-state index is 13.0. The van der Waals surface area contributed by atoms with Crippen LogP contribution >= 0.6 is 11.6 Å². The van der Waals surface area contributed by atoms with Gasteiger partial charge in [-0.15, -0.1) is 10.2 Å². The molecule has 152 valence electrons. The van der Waals surface area contributed by atoms with Gasteiger partial charge in [-0.1, -0.05) is 11.6 Å². The fourth-order valence-corrected chi connectivity index (χ4v) is 3.75. The monoisotopic (exact) mass is 415 g/mol. The number of hydrogen-bond acceptors (Lipinski definition) is 6. The molecule has 3 heterocycles. The number of pyridine rings is 1. The van der Waals surface area contributed by atoms with Gasteiger partial charge in [-0.25, -0.2) is 0 Å². The van der Waals surface area contributed by atoms with Crippen molar-refractivity contribution in [1.29, 1.82) is 0 Å². The molecule has 2 aromatic heterocycles. The van der Waals surface area contributed by atoms with Gasteiger partial charge in [0.25, 0.3) is 0 Å². The molecule has 1 amide bonds. The Morgan fingerprint density at radius 1 is 1.21 bits per heavy atom. The van der Waals surface area contributed by atoms with E-state index < -0.39 is 0 Å². The molecule has 1 aliphatic heterocycles. The quantitative estimate of drug-likeness (QED) is 0.688. The van der Waals surface area contributed by atoms with Crippen molar-refractivity contribution in [3.63, 3.8) is 0 Å². The second-order valence-corrected chi connectivity index (χ2v) is 7.35. The molecule has 0 saturated carbocycles. The van der Waals surface area contributed by atoms with Crippen LogP contribution in [0.15, 0.2) is 36.5 Å². The van der Waals surface area contributed by atoms with Gasteiger partial charge in [-0.2, -0.15) is 0 Å². The van der Waals surface area contributed by atoms with Crippen LogP contribution < -0.4 is 19.7 Å². The normalized spacial score (nSPS) is 16.7. The second kappa shape index (κ2) is 8.16. The van der Waals surface area contributed by atoms with Crippen molar-refractivity contribution in [2.45, 2.75) is 12.8 Å². The van der Waals surface area contributed by atoms with Crippen LogP contribution in [0.2, 0.25) is 5.02 Å². The molecule has 29 heavy (non-hydrogen) atoms. The summed E-state index contributed by atoms with van der Waals surface area (Å²) in [5.41, 5.74) is 1.31. The van der Waals surface area contributed by atoms with Crippen molar-refractivity contribution in [2.24, 2.45) is 5.92 Å². The number of ether oxygens (including phenoxy) is 2. The third-order valence-corrected chi connectivity index (χ3v) is 5.31. The largest absolute Gasteiger partial charge is 0.497 e. The van der Waals surface area contributed by atoms with Crippen LogP contribution in [-0.2, 0) is 4.79 Å². The fourth-order valence-electron chi connectivity index (χ4n) is 3.59. The number of halogens is 1. The van der Waals surface area contributed by atoms with Crippen LogP contribution in [0.5, 0.6) is 11.5 Å². The van der Waals surface area contributed by atoms with Gasteiger partial charge >= 0.3 is 0 Å². The number of rotatable bonds is 5. The summed E-state index contributed by atoms with van der Waals surface area (Å²) < 4.78 is 12.5. The molecule has 1 fully saturated rings. The number of anilines is 2. The molecule has 0 aliphatic carbocycles. The summed E-state index contributed by atoms with van der Waals surface area (Å²) in [5.74, 6) is 1.68. The van der Waals surface area contributed by atoms with Crippen LogP contribution in [0, 0.1) is 5.92 Å². The van der Waals surface area contributed by atoms with E-state index in [-0.39, 0.29) is 11.8 Å². The molecule has 0 spiro atoms. The summed E-state index contributed by atoms with van der Waals surface area (Å²) in [6.07, 6.45) is 3.46. The first kappa shape index (κ1) is 19.3. The van der Waals surface area contributed by atoms with E-state index in [9.17, 15) is 4.79 Å². The van der Waals surface area contributed by atoms with Crippen molar-refractivity contribution in [3.8, 4) is 11.5 Å². The number of nitrogens with one attached hydrogen (secondary N) is 1. The molecule has 9 heteroatoms. The lowest BCUT2D eigenvalue weighted by Gasteiger charge is -2.32. The Morgan fingerprint density at radius 2 is 2.07 bits per heavy atom. The van der Waals surface area contributed by atoms with Crippen LogP contribution in [0.4, 0.5) is 11.6 Å². The number of benzene rings is 1. The molecular weight excluding hydrogens is 394 g/mol. The van der Waals surface area contributed by atoms with Gasteiger partial charge < -0.3 is 19.7 Å². The van der Waals surface area contributed by atoms with E-state index in [1.54, 1.807) is 44.7 Å². The Bertz CT molecular complexity index is 1040. The van der Waals surface area contributed by atoms with Gasteiger partial charge in [-0.3, -0.25) is 9.20 Å². The Kier molecular flexibility index (Phi) is 5.44. The van der Waals surface area contributed by atoms with Gasteiger partial charge in [0, 0.05) is 25.4 Å². The topological polar surface area (TPSA) is 81.0 Å². The lowest BCUT2D eigenvalue weighted by Crippen LogP contribution is -2.41. The third-order valence-electron chi connectivity index (χ3n) is 5.09. The summed E-state index contributed by atoms with van der Waals surface area (Å²) in [7, 11) is 3.16. The Balaban J connectivity index is 1.52. The van der Waals surface area contributed by atoms with Gasteiger partial charge in [0.2, 0.25) is 11.9 Å². The lowest BCUT2D eigenvalue weighted by molar-refractivity contribution is -0.120. The van der Waals surface area contributed by atoms with Crippen molar-refractivity contribution < 1.29 is 14.3 Å². The highest BCUT2D eigenvalue weighted by molar-refractivity contribution is 6.30. The molecule has 8 nitrogen and oxygen atoms in total. The Hall–Kier alpha value is -3.00. The van der Waals surface area contributed by atoms with E-state index in [2.05, 4.69) is 20.4 Å². The minimum absolute atomic E-state index is 0.0619. The number of carbonyl (C=O) groups is 1. The van der Waals surface area contributed by atoms with Crippen LogP contribution in [0.3, 0.4) is 0 Å². The van der Waals surface area contributed by atoms with E-state index in [1.807, 2.05) is 10.5 Å². The van der Waals surface area contributed by atoms with Crippen LogP contribution in [-0.4, -0.2) is 47.8 Å². The minimum Gasteiger partial charge on any atom is -0.497 e. The van der Waals surface area contributed by atoms with Crippen LogP contribution in [0.25, 0.3) is 5.65 Å². The summed E-state index contributed by atoms with van der Waals surface area (Å²) in [4.78, 5) is 15.0. The average molecular weight is 416 g/mol. The minimum atomic E-state index is -0.189. The molecule has 1 aromatic carbocycles. The van der Waals surface area contributed by atoms with E-state index in [1.165, 1.54) is 0 Å². The van der Waals surface area contributed by atoms with Crippen LogP contribution in [0.1, 0.15) is 12.8 Å². The number of carbonyl (C=O) groups excluding carboxylic acids is 1. The van der Waals surface area contributed by atoms with Crippen molar-refractivity contribution in [1.82, 2.24) is 14.6 Å². The first-order chi connectivity index (χ1) is 14.1. The number of aromatic nitrogens is 3. The SMILES string of the molecule is COc1ccc(OC)c(NC(=O)[C@H]2CCCN(c3nnc4ccc(Cl)cn34)C2)c1. The molecule has 1 atom stereocenters. The third kappa shape index (κ3) is 3.93. The maximum Gasteiger partial charge on any atom is 0.231 e. The predicted molar refractivity (Wildman–Crippen MR) is 111 cm³/mol. The Labute approximate surface area is 173 Å². The number of nitrogens with zero attached hydrogens (tertiary/aromatic N) is 4. The first-order valence-corrected chi connectivity index (χ1v) is 9.75. The zero-order chi connectivity index (χ0) is 20.4. The highest BCUT2D eigenvalue weighted by Gasteiger charge is 2.28. The number of amides is 1. The summed E-state index contributed by atoms with van der Waals surface area (Å²) in [6.45, 7) is 1.35. The molecule has 0 radical (unpaired) electrons. The zero-order valence-electron chi connectivity index (χ0n) is 16.3. The molecule has 0 bridgehead atoms. The number of fused-ring (bicyclic) bond motifs is 1. The molecule has 1 aliphatic rings. The molecule has 3 aromatic rings. The van der Waals surface area contributed by atoms with Gasteiger partial charge in [0.1, 0.15) is 11.5 Å². The second-order valence-electron chi connectivity index (χ2n) is 6.92. The standard InChI is InChI=1S/C20H22ClN5O3/c1-28-15-6-7-17(29-2)16(10-15)22-19(27)13-4-3-9-25(11-13)20-24-23-18-8-5-14(21)12-26(18)20/h5-8,10,12-13H,3-4,9,11H2,1-2H3,(H,22,27)/t13-/m0/s1. The number of hydrogen-bond donors (Lipinski definition) is 1. The molecule has 4 rings (SSSR count). The molecule has 1 N–H and O–H groups in total. The number of methoxy groups -OCH3 is 2. The average Bonchev–Trinajstić information content (AvgIpc) is 3.16. The van der Waals surface area contributed by atoms with E-state index in [0.717, 1.165) is 25.0 Å². The van der Waals surface area contributed by atoms with E-state index in [0.29, 0.717) is 34.7 Å². The van der Waals surface area contributed by atoms with Crippen molar-refractivity contribution in [3.05, 3.63) is 41.6 Å². The van der Waals surface area contributed by atoms with E-state index in [4.69, 9.17) is 21.1 Å². The predicted octanol–water partition coefficient (Wildman–Crippen LogP) is 3.26. The first-order valence-electron chi connectivity index (χ1n) is 9.37. The van der Waals surface area contributed by atoms with Crippen molar-refractivity contribution in [2.75, 3.05) is 37.5 Å². The fraction of sp³-hybridized carbons (Fsp3) is 0.350. The highest BCUT2D eigenvalue weighted by Crippen LogP contribution is 2.30. The number of piperidine rings is 1. The highest BCUT2D eigenvalue weighted by atomic mass is 35.5. The molecular formula is C20H22ClN5O3. The van der Waals surface area contributed by atoms with Crippen molar-refractivity contribution >= 4 is 34.8 Å². The van der Waals surface area contributed by atoms with Gasteiger partial charge in [-0.05, 0) is 37.1 Å². The lowest BCUT2D eigenvalue weighted by atomic mass is 9.97. The van der Waals surface area contributed by atoms with E-state index >= 15 is 0 Å². The Morgan fingerprint density at radius 3 is 2.86 bits per heavy atom. The zero-order valence-corrected chi connectivity index (χ0v) is 17.0.